The second kappa shape index (κ2) is 53.0. The van der Waals surface area contributed by atoms with Gasteiger partial charge in [0, 0.05) is 182 Å². The average Bonchev–Trinajstić information content (AvgIpc) is 0.758. The lowest BCUT2D eigenvalue weighted by molar-refractivity contribution is -0.191. The van der Waals surface area contributed by atoms with Crippen LogP contribution in [0.2, 0.25) is 0 Å². The highest BCUT2D eigenvalue weighted by atomic mass is 35.5. The molecule has 0 unspecified atom stereocenters. The number of nitrogens with zero attached hydrogens (tertiary/aromatic N) is 6. The Morgan fingerprint density at radius 2 is 0.639 bits per heavy atom. The van der Waals surface area contributed by atoms with E-state index < -0.39 is 38.6 Å². The Hall–Kier alpha value is -5.76. The Morgan fingerprint density at radius 3 is 0.951 bits per heavy atom. The van der Waals surface area contributed by atoms with Crippen LogP contribution in [0.25, 0.3) is 0 Å². The first-order valence-corrected chi connectivity index (χ1v) is 55.2. The first-order chi connectivity index (χ1) is 65.1. The van der Waals surface area contributed by atoms with Crippen LogP contribution < -0.4 is 0 Å². The summed E-state index contributed by atoms with van der Waals surface area (Å²) in [7, 11) is 4.28. The van der Waals surface area contributed by atoms with Crippen molar-refractivity contribution < 1.29 is 85.8 Å². The number of alkyl halides is 1. The Balaban J connectivity index is 0.000000586. The molecule has 0 aliphatic carbocycles. The summed E-state index contributed by atoms with van der Waals surface area (Å²) in [6.45, 7) is 102. The Morgan fingerprint density at radius 1 is 0.361 bits per heavy atom. The zero-order chi connectivity index (χ0) is 112. The molecule has 6 aliphatic rings. The van der Waals surface area contributed by atoms with E-state index >= 15 is 0 Å². The summed E-state index contributed by atoms with van der Waals surface area (Å²) < 4.78 is 50.8. The molecule has 6 fully saturated rings. The number of halogens is 1. The van der Waals surface area contributed by atoms with Crippen LogP contribution in [0.5, 0.6) is 0 Å². The topological polar surface area (TPSA) is 256 Å². The van der Waals surface area contributed by atoms with Gasteiger partial charge in [-0.15, -0.1) is 18.2 Å². The summed E-state index contributed by atoms with van der Waals surface area (Å²) in [6, 6.07) is 10.4. The fourth-order valence-corrected chi connectivity index (χ4v) is 22.3. The van der Waals surface area contributed by atoms with Crippen LogP contribution in [0.4, 0.5) is 0 Å². The third kappa shape index (κ3) is 40.1. The van der Waals surface area contributed by atoms with Gasteiger partial charge in [-0.2, -0.15) is 0 Å². The molecular weight excluding hydrogens is 1840 g/mol. The normalized spacial score (nSPS) is 21.7. The maximum atomic E-state index is 13.0. The number of carbonyl (C=O) groups is 9. The van der Waals surface area contributed by atoms with E-state index in [4.69, 9.17) is 54.2 Å². The molecule has 1 aromatic carbocycles. The van der Waals surface area contributed by atoms with Crippen molar-refractivity contribution >= 4 is 65.3 Å². The van der Waals surface area contributed by atoms with E-state index in [0.29, 0.717) is 31.4 Å². The lowest BCUT2D eigenvalue weighted by Crippen LogP contribution is -2.65. The van der Waals surface area contributed by atoms with Crippen LogP contribution in [-0.4, -0.2) is 252 Å². The van der Waals surface area contributed by atoms with E-state index in [1.165, 1.54) is 18.9 Å². The number of hydrogen-bond acceptors (Lipinski definition) is 24. The summed E-state index contributed by atoms with van der Waals surface area (Å²) in [5.41, 5.74) is -2.34. The summed E-state index contributed by atoms with van der Waals surface area (Å²) in [6.07, 6.45) is 18.3. The zero-order valence-electron chi connectivity index (χ0n) is 101. The standard InChI is InChI=1S/C23H37NO2.C22H39NO6.C20H39NO2.C19H35NO4.C18H33NO2.C17H32ClNO2/c1-9-20(2,3)19(25)26-23(15-18-13-11-10-12-14-18)16-21(4,5)24(8)22(6,7)17-23;1-9-20(2,3)19(26)28-13-12-27-17(24)10-11-18(25)29-16-14-21(4,5)23(8)22(6,7)15-16;1-10-18(4,5)17(22)23-16-13-19(6,7)21(12-11-15(2)3)20(8,9)14-16;1-9-17(3,4)16(22)24-15-12-18(5,6)20(19(7,8)13-15)10-11-23-14(2)21;1-9-11-19-17(5,6)12-14(13-18(19,7)8)21-15(20)16(3,4)10-2;1-8-15(2,3)14(20)21-13-11-16(4,5)19(10-9-18)17(6,7)12-13/h10-14H,9,15-17H2,1-8H3;16H,9-15H2,1-8H3;15-16H,10-14H2,1-9H3;15H,9-13H2,1-8H3;9,14H,1,10-13H2,2-8H3;13H,8-12H2,1-7H3. The quantitative estimate of drug-likeness (QED) is 0.0199. The highest BCUT2D eigenvalue weighted by Crippen LogP contribution is 2.50. The number of rotatable bonds is 36. The minimum Gasteiger partial charge on any atom is -0.465 e. The van der Waals surface area contributed by atoms with Crippen molar-refractivity contribution in [3.63, 3.8) is 0 Å². The van der Waals surface area contributed by atoms with E-state index in [-0.39, 0.29) is 176 Å². The lowest BCUT2D eigenvalue weighted by Gasteiger charge is -2.58. The lowest BCUT2D eigenvalue weighted by atomic mass is 9.69. The van der Waals surface area contributed by atoms with E-state index in [9.17, 15) is 43.2 Å². The molecule has 0 radical (unpaired) electrons. The molecule has 25 heteroatoms. The molecule has 7 rings (SSSR count). The van der Waals surface area contributed by atoms with Gasteiger partial charge in [-0.05, 0) is 326 Å². The van der Waals surface area contributed by atoms with Gasteiger partial charge in [-0.3, -0.25) is 72.6 Å². The minimum atomic E-state index is -0.551. The van der Waals surface area contributed by atoms with Crippen molar-refractivity contribution in [2.45, 2.75) is 555 Å². The number of hydrogen-bond donors (Lipinski definition) is 0. The third-order valence-electron chi connectivity index (χ3n) is 33.2. The molecule has 0 saturated carbocycles. The van der Waals surface area contributed by atoms with Crippen molar-refractivity contribution in [1.29, 1.82) is 0 Å². The van der Waals surface area contributed by atoms with E-state index in [1.807, 2.05) is 123 Å². The molecule has 6 saturated heterocycles. The third-order valence-corrected chi connectivity index (χ3v) is 33.4. The molecule has 836 valence electrons. The predicted molar refractivity (Wildman–Crippen MR) is 588 cm³/mol. The van der Waals surface area contributed by atoms with Crippen LogP contribution in [-0.2, 0) is 92.2 Å². The molecule has 0 atom stereocenters. The van der Waals surface area contributed by atoms with Crippen LogP contribution in [0.15, 0.2) is 43.0 Å². The van der Waals surface area contributed by atoms with Gasteiger partial charge in [0.15, 0.2) is 0 Å². The summed E-state index contributed by atoms with van der Waals surface area (Å²) in [5.74, 6) is -0.515. The van der Waals surface area contributed by atoms with Crippen molar-refractivity contribution in [3.8, 4) is 0 Å². The van der Waals surface area contributed by atoms with Gasteiger partial charge in [-0.25, -0.2) is 0 Å². The number of carbonyl (C=O) groups excluding carboxylic acids is 9. The number of piperidine rings is 6. The van der Waals surface area contributed by atoms with Crippen molar-refractivity contribution in [1.82, 2.24) is 29.4 Å². The fraction of sp³-hybridized carbons (Fsp3) is 0.857. The van der Waals surface area contributed by atoms with Gasteiger partial charge < -0.3 is 42.6 Å². The van der Waals surface area contributed by atoms with Crippen LogP contribution in [0.3, 0.4) is 0 Å². The van der Waals surface area contributed by atoms with Crippen LogP contribution in [0, 0.1) is 38.4 Å². The van der Waals surface area contributed by atoms with Gasteiger partial charge in [0.25, 0.3) is 0 Å². The van der Waals surface area contributed by atoms with Gasteiger partial charge in [-0.1, -0.05) is 91.8 Å². The van der Waals surface area contributed by atoms with Gasteiger partial charge in [0.1, 0.15) is 55.9 Å². The number of esters is 9. The van der Waals surface area contributed by atoms with Crippen molar-refractivity contribution in [2.24, 2.45) is 38.4 Å². The predicted octanol–water partition coefficient (Wildman–Crippen LogP) is 25.7. The Labute approximate surface area is 883 Å². The summed E-state index contributed by atoms with van der Waals surface area (Å²) >= 11 is 5.96. The zero-order valence-corrected chi connectivity index (χ0v) is 102. The first kappa shape index (κ1) is 134. The second-order valence-electron chi connectivity index (χ2n) is 54.6. The molecule has 0 spiro atoms. The Bertz CT molecular complexity index is 4130. The van der Waals surface area contributed by atoms with E-state index in [1.54, 1.807) is 13.8 Å². The molecular formula is C119H215ClN6O18. The van der Waals surface area contributed by atoms with Gasteiger partial charge in [0.2, 0.25) is 0 Å². The molecule has 6 aliphatic heterocycles. The van der Waals surface area contributed by atoms with E-state index in [2.05, 4.69) is 254 Å². The van der Waals surface area contributed by atoms with Crippen molar-refractivity contribution in [3.05, 3.63) is 48.6 Å². The maximum Gasteiger partial charge on any atom is 0.312 e. The molecule has 0 amide bonds. The fourth-order valence-electron chi connectivity index (χ4n) is 22.1. The molecule has 144 heavy (non-hydrogen) atoms. The van der Waals surface area contributed by atoms with Crippen LogP contribution in [0.1, 0.15) is 452 Å². The van der Waals surface area contributed by atoms with Crippen molar-refractivity contribution in [2.75, 3.05) is 66.0 Å². The first-order valence-electron chi connectivity index (χ1n) is 54.6. The molecule has 24 nitrogen and oxygen atoms in total. The highest BCUT2D eigenvalue weighted by Gasteiger charge is 2.57. The average molecular weight is 2050 g/mol. The summed E-state index contributed by atoms with van der Waals surface area (Å²) in [5, 5.41) is 0. The Kier molecular flexibility index (Phi) is 49.4. The molecule has 0 aromatic heterocycles. The van der Waals surface area contributed by atoms with Gasteiger partial charge >= 0.3 is 53.7 Å². The smallest absolute Gasteiger partial charge is 0.312 e. The van der Waals surface area contributed by atoms with Crippen LogP contribution >= 0.6 is 11.6 Å². The molecule has 0 bridgehead atoms. The minimum absolute atomic E-state index is 0.00273. The monoisotopic (exact) mass is 2050 g/mol. The maximum absolute atomic E-state index is 13.0. The molecule has 1 aromatic rings. The largest absolute Gasteiger partial charge is 0.465 e. The second-order valence-corrected chi connectivity index (χ2v) is 54.9. The summed E-state index contributed by atoms with van der Waals surface area (Å²) in [4.78, 5) is 124. The number of benzene rings is 1. The molecule has 6 heterocycles. The van der Waals surface area contributed by atoms with Gasteiger partial charge in [0.05, 0.1) is 45.3 Å². The van der Waals surface area contributed by atoms with E-state index in [0.717, 1.165) is 135 Å². The molecule has 0 N–H and O–H groups in total. The number of likely N-dealkylation sites (tertiary alicyclic amines) is 6. The SMILES string of the molecule is C=CCN1C(C)(C)CC(OC(=O)C(C)(C)CC)CC1(C)C.CCC(C)(C)C(=O)OC1(Cc2ccccc2)CC(C)(C)N(C)C(C)(C)C1.CCC(C)(C)C(=O)OC1CC(C)(C)N(CCC(C)C)C(C)(C)C1.CCC(C)(C)C(=O)OC1CC(C)(C)N(CCCl)C(C)(C)C1.CCC(C)(C)C(=O)OC1CC(C)(C)N(CCOC(C)=O)C(C)(C)C1.CCC(C)(C)C(=O)OCCOC(=O)CCC(=O)OC1CC(C)(C)N(C)C(C)(C)C1. The highest BCUT2D eigenvalue weighted by molar-refractivity contribution is 6.18. The number of ether oxygens (including phenoxy) is 9.